The van der Waals surface area contributed by atoms with Crippen LogP contribution in [0.4, 0.5) is 13.2 Å². The van der Waals surface area contributed by atoms with E-state index in [9.17, 15) is 23.1 Å². The minimum atomic E-state index is -4.51. The van der Waals surface area contributed by atoms with Crippen LogP contribution in [0.5, 0.6) is 11.5 Å². The second kappa shape index (κ2) is 7.69. The first-order chi connectivity index (χ1) is 15.0. The highest BCUT2D eigenvalue weighted by Gasteiger charge is 2.48. The fraction of sp³-hybridized carbons (Fsp3) is 0.320. The normalized spacial score (nSPS) is 20.9. The Morgan fingerprint density at radius 3 is 2.53 bits per heavy atom. The smallest absolute Gasteiger partial charge is 0.416 e. The lowest BCUT2D eigenvalue weighted by Gasteiger charge is -2.30. The molecule has 0 aromatic heterocycles. The highest BCUT2D eigenvalue weighted by Crippen LogP contribution is 2.53. The third-order valence-electron chi connectivity index (χ3n) is 6.62. The van der Waals surface area contributed by atoms with Crippen molar-refractivity contribution in [1.82, 2.24) is 0 Å². The van der Waals surface area contributed by atoms with Gasteiger partial charge in [0.25, 0.3) is 0 Å². The van der Waals surface area contributed by atoms with Gasteiger partial charge in [0, 0.05) is 0 Å². The largest absolute Gasteiger partial charge is 0.507 e. The molecule has 0 amide bonds. The van der Waals surface area contributed by atoms with Gasteiger partial charge in [-0.15, -0.1) is 0 Å². The molecular formula is C25H22ClF3O3. The number of aliphatic hydroxyl groups excluding tert-OH is 1. The number of allylic oxidation sites excluding steroid dienone is 3. The number of hydrogen-bond donors (Lipinski definition) is 1. The average molecular weight is 463 g/mol. The molecule has 2 aromatic rings. The van der Waals surface area contributed by atoms with E-state index in [1.54, 1.807) is 18.2 Å². The summed E-state index contributed by atoms with van der Waals surface area (Å²) in [7, 11) is 0. The molecule has 0 aliphatic heterocycles. The van der Waals surface area contributed by atoms with Crippen LogP contribution in [-0.2, 0) is 17.4 Å². The first-order valence-corrected chi connectivity index (χ1v) is 10.7. The van der Waals surface area contributed by atoms with Gasteiger partial charge in [-0.1, -0.05) is 30.2 Å². The molecule has 2 aromatic carbocycles. The minimum absolute atomic E-state index is 0.00175. The number of aryl methyl sites for hydroxylation is 1. The first-order valence-electron chi connectivity index (χ1n) is 10.3. The number of alkyl halides is 3. The zero-order valence-corrected chi connectivity index (χ0v) is 18.6. The van der Waals surface area contributed by atoms with Crippen molar-refractivity contribution in [2.75, 3.05) is 0 Å². The van der Waals surface area contributed by atoms with Gasteiger partial charge in [-0.2, -0.15) is 13.2 Å². The van der Waals surface area contributed by atoms with Crippen molar-refractivity contribution < 1.29 is 27.8 Å². The lowest BCUT2D eigenvalue weighted by molar-refractivity contribution is -0.137. The summed E-state index contributed by atoms with van der Waals surface area (Å²) in [6.45, 7) is 5.73. The maximum Gasteiger partial charge on any atom is 0.416 e. The Kier molecular flexibility index (Phi) is 5.40. The van der Waals surface area contributed by atoms with Crippen molar-refractivity contribution in [3.05, 3.63) is 75.0 Å². The van der Waals surface area contributed by atoms with Gasteiger partial charge in [0.1, 0.15) is 17.3 Å². The summed E-state index contributed by atoms with van der Waals surface area (Å²) in [5.41, 5.74) is 1.89. The first kappa shape index (κ1) is 22.5. The summed E-state index contributed by atoms with van der Waals surface area (Å²) in [6, 6.07) is 7.97. The Balaban J connectivity index is 1.76. The van der Waals surface area contributed by atoms with Gasteiger partial charge in [-0.05, 0) is 80.1 Å². The lowest BCUT2D eigenvalue weighted by atomic mass is 9.72. The van der Waals surface area contributed by atoms with Crippen molar-refractivity contribution in [3.63, 3.8) is 0 Å². The highest BCUT2D eigenvalue weighted by atomic mass is 35.5. The number of ketones is 1. The quantitative estimate of drug-likeness (QED) is 0.506. The van der Waals surface area contributed by atoms with Crippen LogP contribution in [0.25, 0.3) is 5.57 Å². The van der Waals surface area contributed by atoms with Gasteiger partial charge < -0.3 is 9.84 Å². The van der Waals surface area contributed by atoms with E-state index in [2.05, 4.69) is 0 Å². The third-order valence-corrected chi connectivity index (χ3v) is 6.92. The molecule has 0 heterocycles. The van der Waals surface area contributed by atoms with Crippen LogP contribution in [0.1, 0.15) is 50.3 Å². The number of halogens is 4. The molecule has 0 saturated carbocycles. The predicted molar refractivity (Wildman–Crippen MR) is 117 cm³/mol. The fourth-order valence-electron chi connectivity index (χ4n) is 4.49. The third kappa shape index (κ3) is 3.51. The number of rotatable bonds is 4. The van der Waals surface area contributed by atoms with E-state index in [-0.39, 0.29) is 27.9 Å². The molecule has 1 N–H and O–H groups in total. The van der Waals surface area contributed by atoms with Crippen LogP contribution in [0.3, 0.4) is 0 Å². The number of carbonyl (C=O) groups excluding carboxylic acids is 1. The van der Waals surface area contributed by atoms with Gasteiger partial charge in [-0.3, -0.25) is 4.79 Å². The van der Waals surface area contributed by atoms with Crippen molar-refractivity contribution in [2.45, 2.75) is 46.2 Å². The minimum Gasteiger partial charge on any atom is -0.507 e. The molecule has 2 aliphatic rings. The van der Waals surface area contributed by atoms with Crippen molar-refractivity contribution >= 4 is 23.0 Å². The Morgan fingerprint density at radius 1 is 1.19 bits per heavy atom. The monoisotopic (exact) mass is 462 g/mol. The summed E-state index contributed by atoms with van der Waals surface area (Å²) in [5.74, 6) is 0.240. The number of hydrogen-bond acceptors (Lipinski definition) is 3. The Bertz CT molecular complexity index is 1190. The molecule has 0 spiro atoms. The molecule has 32 heavy (non-hydrogen) atoms. The molecule has 4 rings (SSSR count). The van der Waals surface area contributed by atoms with Crippen molar-refractivity contribution in [1.29, 1.82) is 0 Å². The van der Waals surface area contributed by atoms with E-state index in [1.165, 1.54) is 0 Å². The maximum absolute atomic E-state index is 13.4. The molecule has 7 heteroatoms. The van der Waals surface area contributed by atoms with E-state index < -0.39 is 17.2 Å². The van der Waals surface area contributed by atoms with Crippen LogP contribution < -0.4 is 4.74 Å². The summed E-state index contributed by atoms with van der Waals surface area (Å²) in [4.78, 5) is 13.4. The van der Waals surface area contributed by atoms with Gasteiger partial charge in [0.2, 0.25) is 0 Å². The second-order valence-corrected chi connectivity index (χ2v) is 8.81. The molecule has 3 nitrogen and oxygen atoms in total. The van der Waals surface area contributed by atoms with Gasteiger partial charge in [-0.25, -0.2) is 0 Å². The Labute approximate surface area is 189 Å². The Hall–Kier alpha value is -2.73. The van der Waals surface area contributed by atoms with Crippen LogP contribution in [0, 0.1) is 5.41 Å². The van der Waals surface area contributed by atoms with E-state index in [0.29, 0.717) is 30.6 Å². The molecule has 2 aliphatic carbocycles. The number of Topliss-reactive ketones (excluding diaryl/α,β-unsaturated/α-hetero) is 1. The van der Waals surface area contributed by atoms with Crippen molar-refractivity contribution in [3.8, 4) is 11.5 Å². The zero-order valence-electron chi connectivity index (χ0n) is 17.9. The van der Waals surface area contributed by atoms with Crippen LogP contribution in [0.2, 0.25) is 5.02 Å². The van der Waals surface area contributed by atoms with Crippen LogP contribution in [-0.4, -0.2) is 10.9 Å². The molecular weight excluding hydrogens is 441 g/mol. The van der Waals surface area contributed by atoms with Crippen molar-refractivity contribution in [2.24, 2.45) is 5.41 Å². The maximum atomic E-state index is 13.4. The fourth-order valence-corrected chi connectivity index (χ4v) is 4.71. The summed E-state index contributed by atoms with van der Waals surface area (Å²) >= 11 is 6.02. The lowest BCUT2D eigenvalue weighted by Crippen LogP contribution is -2.30. The number of aliphatic hydroxyl groups is 1. The second-order valence-electron chi connectivity index (χ2n) is 8.41. The van der Waals surface area contributed by atoms with Crippen LogP contribution in [0.15, 0.2) is 53.3 Å². The predicted octanol–water partition coefficient (Wildman–Crippen LogP) is 7.68. The standard InChI is InChI=1S/C25H22ClF3O3/c1-4-14-5-7-16(32-20-8-6-15(11-19(20)26)25(27,28)29)12-18(14)21-22(30)17-9-10-24(3,13(17)2)23(21)31/h5-8,11-12,30H,4,9-10H2,1-3H3/t24-/m0/s1. The van der Waals surface area contributed by atoms with Gasteiger partial charge in [0.15, 0.2) is 5.78 Å². The molecule has 0 unspecified atom stereocenters. The molecule has 0 saturated heterocycles. The van der Waals surface area contributed by atoms with E-state index in [0.717, 1.165) is 34.9 Å². The number of carbonyl (C=O) groups is 1. The topological polar surface area (TPSA) is 46.5 Å². The van der Waals surface area contributed by atoms with E-state index in [1.807, 2.05) is 20.8 Å². The Morgan fingerprint density at radius 2 is 1.91 bits per heavy atom. The highest BCUT2D eigenvalue weighted by molar-refractivity contribution is 6.32. The van der Waals surface area contributed by atoms with Gasteiger partial charge >= 0.3 is 6.18 Å². The molecule has 0 fully saturated rings. The SMILES string of the molecule is CCc1ccc(Oc2ccc(C(F)(F)F)cc2Cl)cc1C1=C(O)C2=C(C)[C@](C)(CC2)C1=O. The molecule has 1 atom stereocenters. The summed E-state index contributed by atoms with van der Waals surface area (Å²) in [5, 5.41) is 10.8. The number of ether oxygens (including phenoxy) is 1. The average Bonchev–Trinajstić information content (AvgIpc) is 2.99. The zero-order chi connectivity index (χ0) is 23.4. The summed E-state index contributed by atoms with van der Waals surface area (Å²) in [6.07, 6.45) is -2.59. The number of benzene rings is 2. The molecule has 168 valence electrons. The van der Waals surface area contributed by atoms with Crippen LogP contribution >= 0.6 is 11.6 Å². The molecule has 0 radical (unpaired) electrons. The summed E-state index contributed by atoms with van der Waals surface area (Å²) < 4.78 is 44.5. The van der Waals surface area contributed by atoms with E-state index >= 15 is 0 Å². The van der Waals surface area contributed by atoms with E-state index in [4.69, 9.17) is 16.3 Å². The molecule has 2 bridgehead atoms. The number of fused-ring (bicyclic) bond motifs is 1. The van der Waals surface area contributed by atoms with Gasteiger partial charge in [0.05, 0.1) is 21.6 Å².